The van der Waals surface area contributed by atoms with Gasteiger partial charge in [0.05, 0.1) is 5.56 Å². The van der Waals surface area contributed by atoms with Crippen LogP contribution in [0.5, 0.6) is 0 Å². The van der Waals surface area contributed by atoms with Gasteiger partial charge >= 0.3 is 6.03 Å². The molecule has 0 unspecified atom stereocenters. The predicted molar refractivity (Wildman–Crippen MR) is 111 cm³/mol. The van der Waals surface area contributed by atoms with E-state index in [0.717, 1.165) is 5.56 Å². The Morgan fingerprint density at radius 2 is 1.66 bits per heavy atom. The van der Waals surface area contributed by atoms with Crippen molar-refractivity contribution in [1.82, 2.24) is 26.1 Å². The lowest BCUT2D eigenvalue weighted by Gasteiger charge is -2.09. The zero-order valence-corrected chi connectivity index (χ0v) is 15.8. The molecule has 0 fully saturated rings. The Kier molecular flexibility index (Phi) is 6.69. The minimum absolute atomic E-state index is 0.311. The van der Waals surface area contributed by atoms with Crippen molar-refractivity contribution in [1.29, 1.82) is 0 Å². The second-order valence-electron chi connectivity index (χ2n) is 6.00. The van der Waals surface area contributed by atoms with Gasteiger partial charge < -0.3 is 16.0 Å². The third-order valence-electron chi connectivity index (χ3n) is 3.85. The van der Waals surface area contributed by atoms with Crippen LogP contribution in [0.15, 0.2) is 67.0 Å². The molecule has 148 valence electrons. The SMILES string of the molecule is CNC(=O)Nc1cccc(Nc2ncc(C(=O)NNCc3ccccc3)cn2)c1. The molecule has 0 radical (unpaired) electrons. The number of hydrogen-bond donors (Lipinski definition) is 5. The molecule has 0 aliphatic rings. The quantitative estimate of drug-likeness (QED) is 0.395. The van der Waals surface area contributed by atoms with Gasteiger partial charge in [0.25, 0.3) is 5.91 Å². The molecule has 29 heavy (non-hydrogen) atoms. The van der Waals surface area contributed by atoms with E-state index in [2.05, 4.69) is 36.8 Å². The van der Waals surface area contributed by atoms with E-state index >= 15 is 0 Å². The Labute approximate surface area is 167 Å². The van der Waals surface area contributed by atoms with Crippen LogP contribution in [0.4, 0.5) is 22.1 Å². The summed E-state index contributed by atoms with van der Waals surface area (Å²) in [5.74, 6) is 0.000134. The van der Waals surface area contributed by atoms with Crippen LogP contribution >= 0.6 is 0 Å². The van der Waals surface area contributed by atoms with Crippen LogP contribution in [0, 0.1) is 0 Å². The molecule has 0 aliphatic heterocycles. The van der Waals surface area contributed by atoms with E-state index in [1.54, 1.807) is 25.2 Å². The van der Waals surface area contributed by atoms with Crippen LogP contribution in [0.3, 0.4) is 0 Å². The number of carbonyl (C=O) groups is 2. The van der Waals surface area contributed by atoms with Crippen LogP contribution in [0.1, 0.15) is 15.9 Å². The highest BCUT2D eigenvalue weighted by molar-refractivity contribution is 5.93. The third-order valence-corrected chi connectivity index (χ3v) is 3.85. The molecule has 5 N–H and O–H groups in total. The Hall–Kier alpha value is -3.98. The Balaban J connectivity index is 1.54. The highest BCUT2D eigenvalue weighted by Crippen LogP contribution is 2.17. The van der Waals surface area contributed by atoms with Gasteiger partial charge in [0.1, 0.15) is 0 Å². The molecule has 9 heteroatoms. The molecule has 1 heterocycles. The summed E-state index contributed by atoms with van der Waals surface area (Å²) in [5.41, 5.74) is 8.18. The average molecular weight is 391 g/mol. The summed E-state index contributed by atoms with van der Waals surface area (Å²) in [4.78, 5) is 31.9. The Morgan fingerprint density at radius 3 is 2.38 bits per heavy atom. The molecule has 0 saturated carbocycles. The van der Waals surface area contributed by atoms with E-state index in [1.165, 1.54) is 12.4 Å². The third kappa shape index (κ3) is 6.01. The van der Waals surface area contributed by atoms with Crippen molar-refractivity contribution in [3.8, 4) is 0 Å². The summed E-state index contributed by atoms with van der Waals surface area (Å²) in [6.45, 7) is 0.507. The molecular formula is C20H21N7O2. The Bertz CT molecular complexity index is 962. The van der Waals surface area contributed by atoms with E-state index in [1.807, 2.05) is 36.4 Å². The number of amides is 3. The van der Waals surface area contributed by atoms with Crippen molar-refractivity contribution < 1.29 is 9.59 Å². The first-order chi connectivity index (χ1) is 14.1. The molecule has 9 nitrogen and oxygen atoms in total. The number of hydrazine groups is 1. The lowest BCUT2D eigenvalue weighted by molar-refractivity contribution is 0.0931. The van der Waals surface area contributed by atoms with Gasteiger partial charge in [0.2, 0.25) is 5.95 Å². The van der Waals surface area contributed by atoms with Gasteiger partial charge in [-0.05, 0) is 23.8 Å². The second kappa shape index (κ2) is 9.81. The molecular weight excluding hydrogens is 370 g/mol. The maximum Gasteiger partial charge on any atom is 0.318 e. The van der Waals surface area contributed by atoms with Crippen LogP contribution < -0.4 is 26.8 Å². The molecule has 0 bridgehead atoms. The maximum atomic E-state index is 12.2. The predicted octanol–water partition coefficient (Wildman–Crippen LogP) is 2.41. The van der Waals surface area contributed by atoms with Gasteiger partial charge in [-0.25, -0.2) is 20.2 Å². The van der Waals surface area contributed by atoms with E-state index in [9.17, 15) is 9.59 Å². The number of carbonyl (C=O) groups excluding carboxylic acids is 2. The highest BCUT2D eigenvalue weighted by atomic mass is 16.2. The van der Waals surface area contributed by atoms with Gasteiger partial charge in [0, 0.05) is 37.4 Å². The van der Waals surface area contributed by atoms with Gasteiger partial charge in [-0.1, -0.05) is 36.4 Å². The number of benzene rings is 2. The number of rotatable bonds is 7. The van der Waals surface area contributed by atoms with Crippen molar-refractivity contribution in [2.45, 2.75) is 6.54 Å². The molecule has 3 aromatic rings. The highest BCUT2D eigenvalue weighted by Gasteiger charge is 2.07. The van der Waals surface area contributed by atoms with E-state index in [4.69, 9.17) is 0 Å². The molecule has 3 rings (SSSR count). The number of aromatic nitrogens is 2. The standard InChI is InChI=1S/C20H21N7O2/c1-21-20(29)26-17-9-5-8-16(10-17)25-19-22-12-15(13-23-19)18(28)27-24-11-14-6-3-2-4-7-14/h2-10,12-13,24H,11H2,1H3,(H,27,28)(H2,21,26,29)(H,22,23,25). The molecule has 0 spiro atoms. The summed E-state index contributed by atoms with van der Waals surface area (Å²) >= 11 is 0. The zero-order chi connectivity index (χ0) is 20.5. The first-order valence-electron chi connectivity index (χ1n) is 8.89. The van der Waals surface area contributed by atoms with Crippen molar-refractivity contribution in [2.75, 3.05) is 17.7 Å². The number of anilines is 3. The second-order valence-corrected chi connectivity index (χ2v) is 6.00. The van der Waals surface area contributed by atoms with Crippen LogP contribution in [0.2, 0.25) is 0 Å². The topological polar surface area (TPSA) is 120 Å². The zero-order valence-electron chi connectivity index (χ0n) is 15.8. The first kappa shape index (κ1) is 19.8. The molecule has 0 aliphatic carbocycles. The lowest BCUT2D eigenvalue weighted by atomic mass is 10.2. The summed E-state index contributed by atoms with van der Waals surface area (Å²) < 4.78 is 0. The summed E-state index contributed by atoms with van der Waals surface area (Å²) in [6.07, 6.45) is 2.86. The molecule has 0 atom stereocenters. The van der Waals surface area contributed by atoms with Gasteiger partial charge in [0.15, 0.2) is 0 Å². The molecule has 3 amide bonds. The van der Waals surface area contributed by atoms with Crippen molar-refractivity contribution in [2.24, 2.45) is 0 Å². The van der Waals surface area contributed by atoms with Crippen molar-refractivity contribution in [3.63, 3.8) is 0 Å². The smallest absolute Gasteiger partial charge is 0.318 e. The fourth-order valence-corrected chi connectivity index (χ4v) is 2.40. The fourth-order valence-electron chi connectivity index (χ4n) is 2.40. The van der Waals surface area contributed by atoms with Gasteiger partial charge in [-0.2, -0.15) is 0 Å². The number of nitrogens with zero attached hydrogens (tertiary/aromatic N) is 2. The summed E-state index contributed by atoms with van der Waals surface area (Å²) in [5, 5.41) is 8.19. The fraction of sp³-hybridized carbons (Fsp3) is 0.100. The summed E-state index contributed by atoms with van der Waals surface area (Å²) in [6, 6.07) is 16.5. The monoisotopic (exact) mass is 391 g/mol. The van der Waals surface area contributed by atoms with Gasteiger partial charge in [-0.3, -0.25) is 10.2 Å². The minimum atomic E-state index is -0.329. The largest absolute Gasteiger partial charge is 0.341 e. The average Bonchev–Trinajstić information content (AvgIpc) is 2.75. The maximum absolute atomic E-state index is 12.2. The molecule has 0 saturated heterocycles. The van der Waals surface area contributed by atoms with E-state index < -0.39 is 0 Å². The van der Waals surface area contributed by atoms with Crippen molar-refractivity contribution in [3.05, 3.63) is 78.1 Å². The normalized spacial score (nSPS) is 10.1. The van der Waals surface area contributed by atoms with Crippen molar-refractivity contribution >= 4 is 29.3 Å². The lowest BCUT2D eigenvalue weighted by Crippen LogP contribution is -2.36. The molecule has 2 aromatic carbocycles. The molecule has 1 aromatic heterocycles. The minimum Gasteiger partial charge on any atom is -0.341 e. The van der Waals surface area contributed by atoms with Crippen LogP contribution in [-0.4, -0.2) is 29.0 Å². The van der Waals surface area contributed by atoms with E-state index in [0.29, 0.717) is 29.4 Å². The van der Waals surface area contributed by atoms with Crippen LogP contribution in [-0.2, 0) is 6.54 Å². The number of hydrogen-bond acceptors (Lipinski definition) is 6. The number of nitrogens with one attached hydrogen (secondary N) is 5. The summed E-state index contributed by atoms with van der Waals surface area (Å²) in [7, 11) is 1.54. The number of urea groups is 1. The first-order valence-corrected chi connectivity index (χ1v) is 8.89. The van der Waals surface area contributed by atoms with Gasteiger partial charge in [-0.15, -0.1) is 0 Å². The van der Waals surface area contributed by atoms with E-state index in [-0.39, 0.29) is 11.9 Å². The van der Waals surface area contributed by atoms with Crippen LogP contribution in [0.25, 0.3) is 0 Å². The Morgan fingerprint density at radius 1 is 0.931 bits per heavy atom.